The number of hydrogen-bond acceptors (Lipinski definition) is 0. The second kappa shape index (κ2) is 18.6. The Morgan fingerprint density at radius 1 is 1.00 bits per heavy atom. The van der Waals surface area contributed by atoms with Crippen molar-refractivity contribution >= 4 is 74.6 Å². The molecule has 0 fully saturated rings. The first kappa shape index (κ1) is 33.7. The molecule has 0 aliphatic heterocycles. The summed E-state index contributed by atoms with van der Waals surface area (Å²) in [6.07, 6.45) is 0. The van der Waals surface area contributed by atoms with Crippen molar-refractivity contribution in [3.05, 3.63) is 0 Å². The summed E-state index contributed by atoms with van der Waals surface area (Å²) in [6, 6.07) is 0. The molecule has 1 atom stereocenters. The van der Waals surface area contributed by atoms with E-state index in [0.29, 0.717) is 0 Å². The summed E-state index contributed by atoms with van der Waals surface area (Å²) in [4.78, 5) is 0. The first-order valence-corrected chi connectivity index (χ1v) is 0. The van der Waals surface area contributed by atoms with Crippen molar-refractivity contribution in [2.75, 3.05) is 0 Å². The van der Waals surface area contributed by atoms with Gasteiger partial charge in [0.2, 0.25) is 0 Å². The predicted molar refractivity (Wildman–Crippen MR) is 41.2 cm³/mol. The van der Waals surface area contributed by atoms with Gasteiger partial charge in [0.25, 0.3) is 0 Å². The molecule has 0 radical (unpaired) electrons. The zero-order valence-electron chi connectivity index (χ0n) is 0.707. The van der Waals surface area contributed by atoms with Gasteiger partial charge in [-0.3, -0.25) is 0 Å². The maximum atomic E-state index is 0. The van der Waals surface area contributed by atoms with E-state index in [-0.39, 0.29) is 74.6 Å². The Labute approximate surface area is 73.7 Å². The van der Waals surface area contributed by atoms with Crippen molar-refractivity contribution in [3.8, 4) is 0 Å². The minimum Gasteiger partial charge on any atom is -0.0149 e. The number of hydrogen-bond donors (Lipinski definition) is 0. The molecule has 0 saturated heterocycles. The van der Waals surface area contributed by atoms with Gasteiger partial charge in [-0.25, -0.2) is 0 Å². The first-order valence-electron chi connectivity index (χ1n) is 0. The fourth-order valence-electron chi connectivity index (χ4n) is 0. The SMILES string of the molecule is [AsH3].[GaH3].[InH3].[SiH4]. The monoisotopic (exact) mass is 300 g/mol. The van der Waals surface area contributed by atoms with Crippen molar-refractivity contribution in [2.24, 2.45) is 0 Å². The van der Waals surface area contributed by atoms with Crippen LogP contribution in [0, 0.1) is 0 Å². The molecule has 0 spiro atoms. The Morgan fingerprint density at radius 2 is 1.00 bits per heavy atom. The third-order valence-electron chi connectivity index (χ3n) is 0. The van der Waals surface area contributed by atoms with Crippen LogP contribution in [0.3, 0.4) is 0 Å². The van der Waals surface area contributed by atoms with E-state index in [1.165, 1.54) is 0 Å². The van der Waals surface area contributed by atoms with Crippen molar-refractivity contribution in [1.82, 2.24) is 0 Å². The fourth-order valence-corrected chi connectivity index (χ4v) is 0. The van der Waals surface area contributed by atoms with E-state index >= 15 is 0 Å². The van der Waals surface area contributed by atoms with Gasteiger partial charge in [-0.05, 0) is 11.0 Å². The molecular formula is H13AsGaInSi. The van der Waals surface area contributed by atoms with E-state index in [9.17, 15) is 0 Å². The quantitative estimate of drug-likeness (QED) is 0.393. The molecule has 1 unspecified atom stereocenters. The van der Waals surface area contributed by atoms with Gasteiger partial charge in [0.15, 0.2) is 0 Å². The average molecular weight is 301 g/mol. The van der Waals surface area contributed by atoms with Crippen molar-refractivity contribution < 1.29 is 0 Å². The third-order valence-corrected chi connectivity index (χ3v) is 0. The second-order valence-corrected chi connectivity index (χ2v) is 0. The molecule has 4 heavy (non-hydrogen) atoms. The summed E-state index contributed by atoms with van der Waals surface area (Å²) in [6.45, 7) is 0. The smallest absolute Gasteiger partial charge is 0.0149 e. The van der Waals surface area contributed by atoms with Crippen LogP contribution in [0.2, 0.25) is 0 Å². The predicted octanol–water partition coefficient (Wildman–Crippen LogP) is -5.00. The van der Waals surface area contributed by atoms with Gasteiger partial charge in [-0.2, -0.15) is 0 Å². The van der Waals surface area contributed by atoms with Crippen molar-refractivity contribution in [2.45, 2.75) is 0 Å². The molecule has 0 bridgehead atoms. The summed E-state index contributed by atoms with van der Waals surface area (Å²) in [5, 5.41) is 0. The van der Waals surface area contributed by atoms with Gasteiger partial charge in [0.05, 0.1) is 0 Å². The largest absolute Gasteiger partial charge is 0.0149 e. The molecule has 0 aromatic heterocycles. The topological polar surface area (TPSA) is 0 Å². The summed E-state index contributed by atoms with van der Waals surface area (Å²) >= 11 is 0. The van der Waals surface area contributed by atoms with Crippen molar-refractivity contribution in [1.29, 1.82) is 0 Å². The molecule has 0 saturated carbocycles. The van der Waals surface area contributed by atoms with E-state index < -0.39 is 0 Å². The Balaban J connectivity index is 0. The zero-order chi connectivity index (χ0) is 0. The van der Waals surface area contributed by atoms with Gasteiger partial charge in [0, 0.05) is 0 Å². The van der Waals surface area contributed by atoms with Crippen LogP contribution < -0.4 is 0 Å². The van der Waals surface area contributed by atoms with Gasteiger partial charge >= 0.3 is 63.6 Å². The summed E-state index contributed by atoms with van der Waals surface area (Å²) in [5.74, 6) is 0. The van der Waals surface area contributed by atoms with Crippen LogP contribution >= 0.6 is 0 Å². The third kappa shape index (κ3) is 8.86. The van der Waals surface area contributed by atoms with Gasteiger partial charge < -0.3 is 0 Å². The fraction of sp³-hybridized carbons (Fsp3) is 0. The minimum absolute atomic E-state index is 0. The first-order chi connectivity index (χ1) is 0. The second-order valence-electron chi connectivity index (χ2n) is 0. The number of rotatable bonds is 0. The van der Waals surface area contributed by atoms with Crippen LogP contribution in [0.1, 0.15) is 0 Å². The van der Waals surface area contributed by atoms with E-state index in [4.69, 9.17) is 0 Å². The molecule has 4 heteroatoms. The van der Waals surface area contributed by atoms with Crippen LogP contribution in [-0.4, -0.2) is 74.6 Å². The van der Waals surface area contributed by atoms with Crippen LogP contribution in [0.15, 0.2) is 0 Å². The molecule has 0 heterocycles. The molecule has 0 aliphatic rings. The molecule has 0 aromatic rings. The maximum absolute atomic E-state index is 0. The Kier molecular flexibility index (Phi) is 156. The van der Waals surface area contributed by atoms with E-state index in [0.717, 1.165) is 0 Å². The van der Waals surface area contributed by atoms with Crippen LogP contribution in [0.5, 0.6) is 0 Å². The molecule has 28 valence electrons. The van der Waals surface area contributed by atoms with Gasteiger partial charge in [-0.1, -0.05) is 0 Å². The Bertz CT molecular complexity index is 8.00. The molecule has 0 amide bonds. The summed E-state index contributed by atoms with van der Waals surface area (Å²) in [5.41, 5.74) is 0. The zero-order valence-corrected chi connectivity index (χ0v) is 3.67. The summed E-state index contributed by atoms with van der Waals surface area (Å²) in [7, 11) is 0. The molecule has 0 nitrogen and oxygen atoms in total. The van der Waals surface area contributed by atoms with Crippen LogP contribution in [0.25, 0.3) is 0 Å². The van der Waals surface area contributed by atoms with Gasteiger partial charge in [-0.15, -0.1) is 0 Å². The van der Waals surface area contributed by atoms with Crippen LogP contribution in [-0.2, 0) is 0 Å². The average Bonchev–Trinajstić information content (AvgIpc) is 0. The summed E-state index contributed by atoms with van der Waals surface area (Å²) < 4.78 is 0. The molecular weight excluding hydrogens is 288 g/mol. The van der Waals surface area contributed by atoms with E-state index in [1.807, 2.05) is 0 Å². The molecule has 0 rings (SSSR count). The molecule has 0 aliphatic carbocycles. The van der Waals surface area contributed by atoms with Crippen molar-refractivity contribution in [3.63, 3.8) is 0 Å². The Hall–Kier alpha value is 2.28. The maximum Gasteiger partial charge on any atom is -0.0149 e. The standard InChI is InChI=1S/AsH3.Ga.In.H4Si.6H/h1H3;;;1H4;;;;;;. The van der Waals surface area contributed by atoms with E-state index in [2.05, 4.69) is 0 Å². The Morgan fingerprint density at radius 3 is 1.00 bits per heavy atom. The van der Waals surface area contributed by atoms with Gasteiger partial charge in [0.1, 0.15) is 0 Å². The molecule has 0 N–H and O–H groups in total. The molecule has 0 aromatic carbocycles. The normalized spacial score (nSPS) is 0. The van der Waals surface area contributed by atoms with Crippen LogP contribution in [0.4, 0.5) is 0 Å². The minimum atomic E-state index is 0. The van der Waals surface area contributed by atoms with E-state index in [1.54, 1.807) is 0 Å².